The smallest absolute Gasteiger partial charge is 0.252 e. The number of anilines is 1. The van der Waals surface area contributed by atoms with E-state index < -0.39 is 0 Å². The minimum atomic E-state index is -0.0756. The highest BCUT2D eigenvalue weighted by molar-refractivity contribution is 5.94. The van der Waals surface area contributed by atoms with E-state index in [0.29, 0.717) is 12.1 Å². The van der Waals surface area contributed by atoms with Gasteiger partial charge in [-0.15, -0.1) is 0 Å². The van der Waals surface area contributed by atoms with Crippen LogP contribution in [0.15, 0.2) is 54.7 Å². The summed E-state index contributed by atoms with van der Waals surface area (Å²) in [6, 6.07) is 11.7. The minimum Gasteiger partial charge on any atom is -0.497 e. The minimum absolute atomic E-state index is 0.0756. The first kappa shape index (κ1) is 17.0. The van der Waals surface area contributed by atoms with Crippen molar-refractivity contribution in [2.24, 2.45) is 0 Å². The predicted molar refractivity (Wildman–Crippen MR) is 99.2 cm³/mol. The number of hydrogen-bond donors (Lipinski definition) is 1. The number of nitrogens with zero attached hydrogens (tertiary/aromatic N) is 2. The first-order valence-corrected chi connectivity index (χ1v) is 8.53. The van der Waals surface area contributed by atoms with Crippen LogP contribution in [0.1, 0.15) is 22.3 Å². The number of methoxy groups -OCH3 is 1. The largest absolute Gasteiger partial charge is 0.497 e. The Bertz CT molecular complexity index is 716. The fraction of sp³-hybridized carbons (Fsp3) is 0.300. The monoisotopic (exact) mass is 337 g/mol. The van der Waals surface area contributed by atoms with Crippen molar-refractivity contribution in [3.8, 4) is 5.75 Å². The number of aromatic nitrogens is 1. The average Bonchev–Trinajstić information content (AvgIpc) is 3.20. The summed E-state index contributed by atoms with van der Waals surface area (Å²) in [5.74, 6) is 1.69. The highest BCUT2D eigenvalue weighted by Gasteiger charge is 2.10. The van der Waals surface area contributed by atoms with Crippen LogP contribution in [-0.2, 0) is 6.42 Å². The molecule has 130 valence electrons. The van der Waals surface area contributed by atoms with Crippen LogP contribution in [0.2, 0.25) is 0 Å². The third-order valence-corrected chi connectivity index (χ3v) is 4.24. The van der Waals surface area contributed by atoms with E-state index in [1.807, 2.05) is 24.3 Å². The first-order valence-electron chi connectivity index (χ1n) is 8.53. The molecule has 0 aliphatic carbocycles. The molecule has 1 aliphatic heterocycles. The molecule has 1 aromatic carbocycles. The molecule has 0 bridgehead atoms. The molecule has 1 aliphatic rings. The van der Waals surface area contributed by atoms with Gasteiger partial charge in [0.25, 0.3) is 5.91 Å². The molecule has 1 amide bonds. The number of benzene rings is 1. The molecule has 0 radical (unpaired) electrons. The third-order valence-electron chi connectivity index (χ3n) is 4.24. The summed E-state index contributed by atoms with van der Waals surface area (Å²) in [6.45, 7) is 2.40. The molecule has 0 unspecified atom stereocenters. The quantitative estimate of drug-likeness (QED) is 0.623. The summed E-state index contributed by atoms with van der Waals surface area (Å²) in [4.78, 5) is 18.7. The second-order valence-corrected chi connectivity index (χ2v) is 5.99. The van der Waals surface area contributed by atoms with Crippen LogP contribution in [0.4, 0.5) is 5.82 Å². The van der Waals surface area contributed by atoms with E-state index in [-0.39, 0.29) is 5.91 Å². The molecule has 5 heteroatoms. The summed E-state index contributed by atoms with van der Waals surface area (Å²) in [5.41, 5.74) is 1.83. The second kappa shape index (κ2) is 8.33. The van der Waals surface area contributed by atoms with Crippen LogP contribution < -0.4 is 15.0 Å². The van der Waals surface area contributed by atoms with Crippen LogP contribution in [0, 0.1) is 0 Å². The summed E-state index contributed by atoms with van der Waals surface area (Å²) < 4.78 is 5.15. The number of carbonyl (C=O) groups is 1. The van der Waals surface area contributed by atoms with Gasteiger partial charge in [0, 0.05) is 25.8 Å². The van der Waals surface area contributed by atoms with Crippen molar-refractivity contribution in [3.05, 3.63) is 65.9 Å². The van der Waals surface area contributed by atoms with Crippen molar-refractivity contribution in [2.45, 2.75) is 12.8 Å². The number of amides is 1. The van der Waals surface area contributed by atoms with Crippen LogP contribution in [0.3, 0.4) is 0 Å². The summed E-state index contributed by atoms with van der Waals surface area (Å²) in [5, 5.41) is 2.95. The maximum Gasteiger partial charge on any atom is 0.252 e. The second-order valence-electron chi connectivity index (χ2n) is 5.99. The molecule has 0 fully saturated rings. The first-order chi connectivity index (χ1) is 12.3. The maximum absolute atomic E-state index is 12.2. The van der Waals surface area contributed by atoms with Gasteiger partial charge >= 0.3 is 0 Å². The molecular formula is C20H23N3O2. The molecule has 25 heavy (non-hydrogen) atoms. The topological polar surface area (TPSA) is 54.5 Å². The molecule has 0 saturated heterocycles. The van der Waals surface area contributed by atoms with Crippen molar-refractivity contribution in [1.82, 2.24) is 10.3 Å². The third kappa shape index (κ3) is 4.59. The van der Waals surface area contributed by atoms with E-state index in [1.165, 1.54) is 5.56 Å². The van der Waals surface area contributed by atoms with Crippen molar-refractivity contribution in [2.75, 3.05) is 31.6 Å². The number of ether oxygens (including phenoxy) is 1. The molecule has 1 N–H and O–H groups in total. The molecular weight excluding hydrogens is 314 g/mol. The molecule has 0 spiro atoms. The summed E-state index contributed by atoms with van der Waals surface area (Å²) in [6.07, 6.45) is 7.69. The Balaban J connectivity index is 1.42. The highest BCUT2D eigenvalue weighted by atomic mass is 16.5. The Kier molecular flexibility index (Phi) is 5.67. The van der Waals surface area contributed by atoms with Gasteiger partial charge in [0.05, 0.1) is 12.7 Å². The number of carbonyl (C=O) groups excluding carboxylic acids is 1. The Morgan fingerprint density at radius 1 is 1.16 bits per heavy atom. The van der Waals surface area contributed by atoms with Crippen molar-refractivity contribution < 1.29 is 9.53 Å². The van der Waals surface area contributed by atoms with Crippen molar-refractivity contribution >= 4 is 11.7 Å². The molecule has 0 atom stereocenters. The Hall–Kier alpha value is -2.82. The van der Waals surface area contributed by atoms with Crippen molar-refractivity contribution in [1.29, 1.82) is 0 Å². The average molecular weight is 337 g/mol. The zero-order valence-corrected chi connectivity index (χ0v) is 14.4. The number of hydrogen-bond acceptors (Lipinski definition) is 4. The Labute approximate surface area is 148 Å². The summed E-state index contributed by atoms with van der Waals surface area (Å²) in [7, 11) is 1.66. The molecule has 0 saturated carbocycles. The highest BCUT2D eigenvalue weighted by Crippen LogP contribution is 2.14. The van der Waals surface area contributed by atoms with Gasteiger partial charge in [-0.1, -0.05) is 24.3 Å². The van der Waals surface area contributed by atoms with Gasteiger partial charge in [-0.25, -0.2) is 4.98 Å². The van der Waals surface area contributed by atoms with Gasteiger partial charge in [0.15, 0.2) is 0 Å². The van der Waals surface area contributed by atoms with Crippen molar-refractivity contribution in [3.63, 3.8) is 0 Å². The number of rotatable bonds is 7. The van der Waals surface area contributed by atoms with E-state index in [9.17, 15) is 4.79 Å². The fourth-order valence-electron chi connectivity index (χ4n) is 2.76. The van der Waals surface area contributed by atoms with E-state index in [1.54, 1.807) is 13.3 Å². The molecule has 2 aromatic rings. The van der Waals surface area contributed by atoms with Crippen LogP contribution in [0.25, 0.3) is 0 Å². The van der Waals surface area contributed by atoms with E-state index >= 15 is 0 Å². The number of nitrogens with one attached hydrogen (secondary N) is 1. The van der Waals surface area contributed by atoms with Gasteiger partial charge < -0.3 is 15.0 Å². The van der Waals surface area contributed by atoms with Gasteiger partial charge in [0.1, 0.15) is 11.6 Å². The zero-order valence-electron chi connectivity index (χ0n) is 14.4. The van der Waals surface area contributed by atoms with E-state index in [2.05, 4.69) is 39.5 Å². The zero-order chi connectivity index (χ0) is 17.5. The van der Waals surface area contributed by atoms with E-state index in [0.717, 1.165) is 37.5 Å². The standard InChI is InChI=1S/C20H23N3O2/c1-25-18-9-6-16(7-10-18)5-4-12-21-20(24)17-8-11-19(22-15-17)23-13-2-3-14-23/h2-3,6-11,15H,4-5,12-14H2,1H3,(H,21,24). The normalized spacial score (nSPS) is 13.1. The molecule has 5 nitrogen and oxygen atoms in total. The fourth-order valence-corrected chi connectivity index (χ4v) is 2.76. The van der Waals surface area contributed by atoms with Gasteiger partial charge in [0.2, 0.25) is 0 Å². The number of aryl methyl sites for hydroxylation is 1. The Morgan fingerprint density at radius 3 is 2.56 bits per heavy atom. The molecule has 2 heterocycles. The maximum atomic E-state index is 12.2. The lowest BCUT2D eigenvalue weighted by Gasteiger charge is -2.16. The Morgan fingerprint density at radius 2 is 1.92 bits per heavy atom. The summed E-state index contributed by atoms with van der Waals surface area (Å²) >= 11 is 0. The lowest BCUT2D eigenvalue weighted by atomic mass is 10.1. The van der Waals surface area contributed by atoms with Crippen LogP contribution in [-0.4, -0.2) is 37.6 Å². The van der Waals surface area contributed by atoms with Gasteiger partial charge in [-0.05, 0) is 42.7 Å². The number of pyridine rings is 1. The van der Waals surface area contributed by atoms with E-state index in [4.69, 9.17) is 4.74 Å². The SMILES string of the molecule is COc1ccc(CCCNC(=O)c2ccc(N3CC=CC3)nc2)cc1. The molecule has 3 rings (SSSR count). The lowest BCUT2D eigenvalue weighted by Crippen LogP contribution is -2.25. The lowest BCUT2D eigenvalue weighted by molar-refractivity contribution is 0.0953. The van der Waals surface area contributed by atoms with Gasteiger partial charge in [-0.2, -0.15) is 0 Å². The predicted octanol–water partition coefficient (Wildman–Crippen LogP) is 2.83. The molecule has 1 aromatic heterocycles. The van der Waals surface area contributed by atoms with Crippen LogP contribution >= 0.6 is 0 Å². The van der Waals surface area contributed by atoms with Crippen LogP contribution in [0.5, 0.6) is 5.75 Å². The van der Waals surface area contributed by atoms with Gasteiger partial charge in [-0.3, -0.25) is 4.79 Å².